The molecule has 106 valence electrons. The Morgan fingerprint density at radius 2 is 2.24 bits per heavy atom. The molecular formula is C14H9FN2O3S. The Labute approximate surface area is 122 Å². The van der Waals surface area contributed by atoms with E-state index in [4.69, 9.17) is 4.74 Å². The normalized spacial score (nSPS) is 10.7. The van der Waals surface area contributed by atoms with Crippen molar-refractivity contribution in [3.05, 3.63) is 69.3 Å². The summed E-state index contributed by atoms with van der Waals surface area (Å²) < 4.78 is 19.5. The molecule has 1 aromatic carbocycles. The summed E-state index contributed by atoms with van der Waals surface area (Å²) in [5.41, 5.74) is 0.231. The number of carbonyl (C=O) groups is 1. The van der Waals surface area contributed by atoms with Gasteiger partial charge in [0.1, 0.15) is 12.4 Å². The maximum atomic E-state index is 13.0. The van der Waals surface area contributed by atoms with Gasteiger partial charge >= 0.3 is 5.97 Å². The molecule has 2 heterocycles. The zero-order valence-corrected chi connectivity index (χ0v) is 11.5. The molecule has 2 aromatic heterocycles. The van der Waals surface area contributed by atoms with Crippen LogP contribution in [-0.2, 0) is 11.3 Å². The van der Waals surface area contributed by atoms with E-state index in [0.717, 1.165) is 6.07 Å². The molecular weight excluding hydrogens is 295 g/mol. The van der Waals surface area contributed by atoms with Gasteiger partial charge in [-0.1, -0.05) is 6.07 Å². The van der Waals surface area contributed by atoms with Crippen LogP contribution < -0.4 is 5.56 Å². The lowest BCUT2D eigenvalue weighted by molar-refractivity contribution is 0.0467. The van der Waals surface area contributed by atoms with Gasteiger partial charge in [0.25, 0.3) is 5.56 Å². The van der Waals surface area contributed by atoms with Gasteiger partial charge in [-0.25, -0.2) is 14.2 Å². The van der Waals surface area contributed by atoms with Gasteiger partial charge < -0.3 is 4.74 Å². The molecule has 0 saturated carbocycles. The average Bonchev–Trinajstić information content (AvgIpc) is 2.93. The first-order valence-corrected chi connectivity index (χ1v) is 6.90. The molecule has 0 unspecified atom stereocenters. The molecule has 0 amide bonds. The van der Waals surface area contributed by atoms with Crippen LogP contribution >= 0.6 is 11.3 Å². The highest BCUT2D eigenvalue weighted by molar-refractivity contribution is 7.15. The lowest BCUT2D eigenvalue weighted by atomic mass is 10.2. The van der Waals surface area contributed by atoms with Crippen LogP contribution in [0.25, 0.3) is 4.96 Å². The van der Waals surface area contributed by atoms with Crippen molar-refractivity contribution in [3.8, 4) is 0 Å². The number of rotatable bonds is 3. The van der Waals surface area contributed by atoms with E-state index in [1.54, 1.807) is 11.6 Å². The average molecular weight is 304 g/mol. The van der Waals surface area contributed by atoms with Crippen LogP contribution in [0.4, 0.5) is 4.39 Å². The lowest BCUT2D eigenvalue weighted by Crippen LogP contribution is -2.14. The Hall–Kier alpha value is -2.54. The molecule has 0 aliphatic rings. The third-order valence-electron chi connectivity index (χ3n) is 2.77. The van der Waals surface area contributed by atoms with Crippen LogP contribution in [0.3, 0.4) is 0 Å². The first-order chi connectivity index (χ1) is 10.1. The number of aromatic nitrogens is 2. The van der Waals surface area contributed by atoms with Crippen molar-refractivity contribution in [2.24, 2.45) is 0 Å². The minimum Gasteiger partial charge on any atom is -0.456 e. The molecule has 0 bridgehead atoms. The van der Waals surface area contributed by atoms with Gasteiger partial charge in [0.05, 0.1) is 11.3 Å². The Kier molecular flexibility index (Phi) is 3.49. The maximum absolute atomic E-state index is 13.0. The standard InChI is InChI=1S/C14H9FN2O3S/c15-10-3-1-2-9(6-10)13(19)20-8-11-7-12(18)17-4-5-21-14(17)16-11/h1-7H,8H2. The topological polar surface area (TPSA) is 60.7 Å². The summed E-state index contributed by atoms with van der Waals surface area (Å²) in [6.45, 7) is -0.140. The van der Waals surface area contributed by atoms with Crippen LogP contribution in [0.1, 0.15) is 16.1 Å². The molecule has 0 saturated heterocycles. The van der Waals surface area contributed by atoms with Gasteiger partial charge in [0, 0.05) is 17.6 Å². The summed E-state index contributed by atoms with van der Waals surface area (Å²) in [6.07, 6.45) is 1.62. The Morgan fingerprint density at radius 1 is 1.38 bits per heavy atom. The Morgan fingerprint density at radius 3 is 3.05 bits per heavy atom. The van der Waals surface area contributed by atoms with Crippen molar-refractivity contribution in [1.29, 1.82) is 0 Å². The van der Waals surface area contributed by atoms with Crippen molar-refractivity contribution in [2.45, 2.75) is 6.61 Å². The molecule has 3 rings (SSSR count). The molecule has 0 radical (unpaired) electrons. The number of benzene rings is 1. The Balaban J connectivity index is 1.77. The molecule has 0 atom stereocenters. The largest absolute Gasteiger partial charge is 0.456 e. The smallest absolute Gasteiger partial charge is 0.338 e. The molecule has 5 nitrogen and oxygen atoms in total. The van der Waals surface area contributed by atoms with Crippen LogP contribution in [0, 0.1) is 5.82 Å². The second-order valence-corrected chi connectivity index (χ2v) is 5.10. The molecule has 7 heteroatoms. The van der Waals surface area contributed by atoms with Gasteiger partial charge in [-0.15, -0.1) is 11.3 Å². The lowest BCUT2D eigenvalue weighted by Gasteiger charge is -2.04. The fraction of sp³-hybridized carbons (Fsp3) is 0.0714. The number of hydrogen-bond acceptors (Lipinski definition) is 5. The first-order valence-electron chi connectivity index (χ1n) is 6.02. The summed E-state index contributed by atoms with van der Waals surface area (Å²) in [6, 6.07) is 6.51. The summed E-state index contributed by atoms with van der Waals surface area (Å²) in [5, 5.41) is 1.74. The van der Waals surface area contributed by atoms with E-state index in [2.05, 4.69) is 4.98 Å². The maximum Gasteiger partial charge on any atom is 0.338 e. The van der Waals surface area contributed by atoms with Gasteiger partial charge in [-0.2, -0.15) is 0 Å². The predicted molar refractivity (Wildman–Crippen MR) is 74.9 cm³/mol. The minimum atomic E-state index is -0.664. The molecule has 0 aliphatic carbocycles. The summed E-state index contributed by atoms with van der Waals surface area (Å²) in [5.74, 6) is -1.18. The van der Waals surface area contributed by atoms with E-state index in [-0.39, 0.29) is 17.7 Å². The molecule has 0 spiro atoms. The number of esters is 1. The van der Waals surface area contributed by atoms with Crippen LogP contribution in [-0.4, -0.2) is 15.4 Å². The van der Waals surface area contributed by atoms with Crippen molar-refractivity contribution in [1.82, 2.24) is 9.38 Å². The highest BCUT2D eigenvalue weighted by Gasteiger charge is 2.10. The third-order valence-corrected chi connectivity index (χ3v) is 3.52. The number of carbonyl (C=O) groups excluding carboxylic acids is 1. The van der Waals surface area contributed by atoms with E-state index >= 15 is 0 Å². The van der Waals surface area contributed by atoms with E-state index < -0.39 is 11.8 Å². The van der Waals surface area contributed by atoms with E-state index in [1.165, 1.54) is 40.0 Å². The quantitative estimate of drug-likeness (QED) is 0.696. The molecule has 0 N–H and O–H groups in total. The zero-order valence-electron chi connectivity index (χ0n) is 10.7. The van der Waals surface area contributed by atoms with Gasteiger partial charge in [0.15, 0.2) is 4.96 Å². The number of halogens is 1. The zero-order chi connectivity index (χ0) is 14.8. The summed E-state index contributed by atoms with van der Waals surface area (Å²) in [7, 11) is 0. The van der Waals surface area contributed by atoms with Gasteiger partial charge in [-0.3, -0.25) is 9.20 Å². The first kappa shape index (κ1) is 13.4. The van der Waals surface area contributed by atoms with Gasteiger partial charge in [0.2, 0.25) is 0 Å². The monoisotopic (exact) mass is 304 g/mol. The summed E-state index contributed by atoms with van der Waals surface area (Å²) >= 11 is 1.31. The minimum absolute atomic E-state index is 0.115. The van der Waals surface area contributed by atoms with Crippen molar-refractivity contribution in [2.75, 3.05) is 0 Å². The van der Waals surface area contributed by atoms with Crippen LogP contribution in [0.2, 0.25) is 0 Å². The fourth-order valence-corrected chi connectivity index (χ4v) is 2.54. The number of hydrogen-bond donors (Lipinski definition) is 0. The van der Waals surface area contributed by atoms with E-state index in [0.29, 0.717) is 10.7 Å². The fourth-order valence-electron chi connectivity index (χ4n) is 1.80. The van der Waals surface area contributed by atoms with Crippen molar-refractivity contribution >= 4 is 22.3 Å². The molecule has 0 fully saturated rings. The highest BCUT2D eigenvalue weighted by Crippen LogP contribution is 2.09. The number of nitrogens with zero attached hydrogens (tertiary/aromatic N) is 2. The van der Waals surface area contributed by atoms with E-state index in [1.807, 2.05) is 0 Å². The van der Waals surface area contributed by atoms with Crippen LogP contribution in [0.5, 0.6) is 0 Å². The predicted octanol–water partition coefficient (Wildman–Crippen LogP) is 2.25. The second kappa shape index (κ2) is 5.45. The summed E-state index contributed by atoms with van der Waals surface area (Å²) in [4.78, 5) is 28.3. The third kappa shape index (κ3) is 2.82. The van der Waals surface area contributed by atoms with Crippen LogP contribution in [0.15, 0.2) is 46.7 Å². The molecule has 21 heavy (non-hydrogen) atoms. The SMILES string of the molecule is O=C(OCc1cc(=O)n2ccsc2n1)c1cccc(F)c1. The van der Waals surface area contributed by atoms with E-state index in [9.17, 15) is 14.0 Å². The highest BCUT2D eigenvalue weighted by atomic mass is 32.1. The van der Waals surface area contributed by atoms with Crippen molar-refractivity contribution in [3.63, 3.8) is 0 Å². The second-order valence-electron chi connectivity index (χ2n) is 4.23. The number of thiazole rings is 1. The number of fused-ring (bicyclic) bond motifs is 1. The Bertz CT molecular complexity index is 872. The molecule has 3 aromatic rings. The number of ether oxygens (including phenoxy) is 1. The molecule has 0 aliphatic heterocycles. The van der Waals surface area contributed by atoms with Gasteiger partial charge in [-0.05, 0) is 18.2 Å². The van der Waals surface area contributed by atoms with Crippen molar-refractivity contribution < 1.29 is 13.9 Å².